The number of anilines is 1. The maximum absolute atomic E-state index is 12.2. The molecule has 3 aromatic heterocycles. The summed E-state index contributed by atoms with van der Waals surface area (Å²) < 4.78 is 25.5. The van der Waals surface area contributed by atoms with Gasteiger partial charge in [0.1, 0.15) is 23.0 Å². The third kappa shape index (κ3) is 4.14. The molecule has 0 bridgehead atoms. The van der Waals surface area contributed by atoms with Crippen LogP contribution in [0.3, 0.4) is 0 Å². The van der Waals surface area contributed by atoms with Gasteiger partial charge >= 0.3 is 0 Å². The van der Waals surface area contributed by atoms with Crippen molar-refractivity contribution in [1.82, 2.24) is 25.1 Å². The molecule has 4 rings (SSSR count). The minimum atomic E-state index is -3.52. The fourth-order valence-electron chi connectivity index (χ4n) is 2.84. The van der Waals surface area contributed by atoms with Gasteiger partial charge in [0.15, 0.2) is 11.6 Å². The van der Waals surface area contributed by atoms with Crippen molar-refractivity contribution in [2.24, 2.45) is 5.16 Å². The Kier molecular flexibility index (Phi) is 5.68. The Hall–Kier alpha value is -2.99. The van der Waals surface area contributed by atoms with Crippen molar-refractivity contribution in [3.8, 4) is 21.3 Å². The standard InChI is InChI=1S/C18H19N7O3S2/c1-3-9-28-24-13-6-8-25(30(2,26)27)17-15(13)21-16(22-23-17)14-11-20-18(29-14)12-5-4-7-19-10-12/h4-5,7,10-11H,3,6,8-9H2,1-2H3. The van der Waals surface area contributed by atoms with Crippen molar-refractivity contribution >= 4 is 32.9 Å². The van der Waals surface area contributed by atoms with Crippen molar-refractivity contribution in [3.63, 3.8) is 0 Å². The fraction of sp³-hybridized carbons (Fsp3) is 0.333. The second-order valence-corrected chi connectivity index (χ2v) is 9.47. The van der Waals surface area contributed by atoms with Gasteiger partial charge in [-0.1, -0.05) is 12.1 Å². The van der Waals surface area contributed by atoms with E-state index in [2.05, 4.69) is 30.3 Å². The SMILES string of the molecule is CCCON=C1CCN(S(C)(=O)=O)c2nnc(-c3cnc(-c4cccnc4)s3)nc21. The van der Waals surface area contributed by atoms with E-state index < -0.39 is 10.0 Å². The van der Waals surface area contributed by atoms with Gasteiger partial charge in [-0.25, -0.2) is 18.4 Å². The fourth-order valence-corrected chi connectivity index (χ4v) is 4.54. The van der Waals surface area contributed by atoms with E-state index >= 15 is 0 Å². The van der Waals surface area contributed by atoms with E-state index in [1.807, 2.05) is 19.1 Å². The lowest BCUT2D eigenvalue weighted by Crippen LogP contribution is -2.38. The number of fused-ring (bicyclic) bond motifs is 1. The van der Waals surface area contributed by atoms with Crippen LogP contribution in [0.5, 0.6) is 0 Å². The third-order valence-corrected chi connectivity index (χ3v) is 6.43. The van der Waals surface area contributed by atoms with Crippen LogP contribution < -0.4 is 4.31 Å². The van der Waals surface area contributed by atoms with Crippen LogP contribution >= 0.6 is 11.3 Å². The maximum Gasteiger partial charge on any atom is 0.233 e. The van der Waals surface area contributed by atoms with Crippen molar-refractivity contribution in [3.05, 3.63) is 36.4 Å². The number of rotatable bonds is 6. The molecule has 30 heavy (non-hydrogen) atoms. The largest absolute Gasteiger partial charge is 0.396 e. The molecule has 156 valence electrons. The summed E-state index contributed by atoms with van der Waals surface area (Å²) in [4.78, 5) is 19.1. The minimum Gasteiger partial charge on any atom is -0.396 e. The van der Waals surface area contributed by atoms with Gasteiger partial charge in [0.05, 0.1) is 11.1 Å². The van der Waals surface area contributed by atoms with Crippen molar-refractivity contribution in [1.29, 1.82) is 0 Å². The number of oxime groups is 1. The Morgan fingerprint density at radius 1 is 1.30 bits per heavy atom. The summed E-state index contributed by atoms with van der Waals surface area (Å²) in [5.41, 5.74) is 1.79. The molecule has 0 amide bonds. The highest BCUT2D eigenvalue weighted by Gasteiger charge is 2.32. The number of sulfonamides is 1. The maximum atomic E-state index is 12.2. The molecule has 0 fully saturated rings. The van der Waals surface area contributed by atoms with E-state index in [0.717, 1.165) is 23.2 Å². The molecular weight excluding hydrogens is 426 g/mol. The highest BCUT2D eigenvalue weighted by atomic mass is 32.2. The number of aromatic nitrogens is 5. The van der Waals surface area contributed by atoms with Crippen LogP contribution in [0.4, 0.5) is 5.82 Å². The smallest absolute Gasteiger partial charge is 0.233 e. The van der Waals surface area contributed by atoms with Crippen LogP contribution in [-0.4, -0.2) is 58.7 Å². The summed E-state index contributed by atoms with van der Waals surface area (Å²) in [5.74, 6) is 0.503. The summed E-state index contributed by atoms with van der Waals surface area (Å²) in [6, 6.07) is 3.76. The zero-order valence-electron chi connectivity index (χ0n) is 16.4. The second kappa shape index (κ2) is 8.40. The predicted octanol–water partition coefficient (Wildman–Crippen LogP) is 2.36. The highest BCUT2D eigenvalue weighted by molar-refractivity contribution is 7.92. The molecule has 0 saturated carbocycles. The van der Waals surface area contributed by atoms with Crippen LogP contribution in [0.25, 0.3) is 21.3 Å². The van der Waals surface area contributed by atoms with Gasteiger partial charge in [-0.3, -0.25) is 9.29 Å². The Labute approximate surface area is 177 Å². The Morgan fingerprint density at radius 2 is 2.17 bits per heavy atom. The molecular formula is C18H19N7O3S2. The van der Waals surface area contributed by atoms with Crippen LogP contribution in [0.15, 0.2) is 35.9 Å². The number of pyridine rings is 1. The molecule has 0 spiro atoms. The van der Waals surface area contributed by atoms with E-state index in [-0.39, 0.29) is 12.4 Å². The monoisotopic (exact) mass is 445 g/mol. The first kappa shape index (κ1) is 20.3. The molecule has 10 nitrogen and oxygen atoms in total. The first-order valence-electron chi connectivity index (χ1n) is 9.25. The van der Waals surface area contributed by atoms with Gasteiger partial charge in [-0.15, -0.1) is 21.5 Å². The molecule has 0 aliphatic carbocycles. The predicted molar refractivity (Wildman–Crippen MR) is 114 cm³/mol. The lowest BCUT2D eigenvalue weighted by molar-refractivity contribution is 0.144. The van der Waals surface area contributed by atoms with E-state index in [1.165, 1.54) is 15.6 Å². The van der Waals surface area contributed by atoms with Gasteiger partial charge in [0.25, 0.3) is 0 Å². The Bertz CT molecular complexity index is 1180. The number of hydrogen-bond acceptors (Lipinski definition) is 10. The lowest BCUT2D eigenvalue weighted by atomic mass is 10.1. The second-order valence-electron chi connectivity index (χ2n) is 6.54. The average molecular weight is 446 g/mol. The molecule has 0 radical (unpaired) electrons. The zero-order chi connectivity index (χ0) is 21.1. The molecule has 0 atom stereocenters. The molecule has 1 aliphatic heterocycles. The molecule has 0 N–H and O–H groups in total. The first-order chi connectivity index (χ1) is 14.5. The van der Waals surface area contributed by atoms with Crippen molar-refractivity contribution < 1.29 is 13.3 Å². The van der Waals surface area contributed by atoms with E-state index in [4.69, 9.17) is 4.84 Å². The molecule has 1 aliphatic rings. The molecule has 0 aromatic carbocycles. The molecule has 0 saturated heterocycles. The highest BCUT2D eigenvalue weighted by Crippen LogP contribution is 2.32. The van der Waals surface area contributed by atoms with Crippen molar-refractivity contribution in [2.45, 2.75) is 19.8 Å². The van der Waals surface area contributed by atoms with Gasteiger partial charge in [-0.05, 0) is 18.6 Å². The average Bonchev–Trinajstić information content (AvgIpc) is 3.24. The molecule has 3 aromatic rings. The lowest BCUT2D eigenvalue weighted by Gasteiger charge is -2.27. The minimum absolute atomic E-state index is 0.156. The van der Waals surface area contributed by atoms with Crippen LogP contribution in [0.1, 0.15) is 25.5 Å². The quantitative estimate of drug-likeness (QED) is 0.418. The Balaban J connectivity index is 1.75. The normalized spacial score (nSPS) is 15.3. The summed E-state index contributed by atoms with van der Waals surface area (Å²) in [7, 11) is -3.52. The zero-order valence-corrected chi connectivity index (χ0v) is 18.0. The molecule has 12 heteroatoms. The van der Waals surface area contributed by atoms with E-state index in [9.17, 15) is 8.42 Å². The third-order valence-electron chi connectivity index (χ3n) is 4.24. The topological polar surface area (TPSA) is 123 Å². The number of thiazole rings is 1. The van der Waals surface area contributed by atoms with Crippen molar-refractivity contribution in [2.75, 3.05) is 23.7 Å². The van der Waals surface area contributed by atoms with Crippen LogP contribution in [0.2, 0.25) is 0 Å². The number of nitrogens with zero attached hydrogens (tertiary/aromatic N) is 7. The Morgan fingerprint density at radius 3 is 2.90 bits per heavy atom. The van der Waals surface area contributed by atoms with Crippen LogP contribution in [0, 0.1) is 0 Å². The van der Waals surface area contributed by atoms with Gasteiger partial charge < -0.3 is 4.84 Å². The molecule has 4 heterocycles. The van der Waals surface area contributed by atoms with E-state index in [1.54, 1.807) is 18.6 Å². The van der Waals surface area contributed by atoms with Crippen LogP contribution in [-0.2, 0) is 14.9 Å². The summed E-state index contributed by atoms with van der Waals surface area (Å²) >= 11 is 1.40. The summed E-state index contributed by atoms with van der Waals surface area (Å²) in [6.07, 6.45) is 7.40. The van der Waals surface area contributed by atoms with Gasteiger partial charge in [0, 0.05) is 37.1 Å². The van der Waals surface area contributed by atoms with Gasteiger partial charge in [0.2, 0.25) is 10.0 Å². The molecule has 0 unspecified atom stereocenters. The van der Waals surface area contributed by atoms with Gasteiger partial charge in [-0.2, -0.15) is 0 Å². The number of hydrogen-bond donors (Lipinski definition) is 0. The first-order valence-corrected chi connectivity index (χ1v) is 11.9. The van der Waals surface area contributed by atoms with E-state index in [0.29, 0.717) is 35.1 Å². The summed E-state index contributed by atoms with van der Waals surface area (Å²) in [6.45, 7) is 2.65. The summed E-state index contributed by atoms with van der Waals surface area (Å²) in [5, 5.41) is 13.3.